The summed E-state index contributed by atoms with van der Waals surface area (Å²) in [6.07, 6.45) is 2.20. The lowest BCUT2D eigenvalue weighted by Gasteiger charge is -2.10. The molecule has 7 aromatic carbocycles. The summed E-state index contributed by atoms with van der Waals surface area (Å²) in [5.41, 5.74) is 11.1. The minimum atomic E-state index is 1.17. The predicted octanol–water partition coefficient (Wildman–Crippen LogP) is 12.4. The van der Waals surface area contributed by atoms with Gasteiger partial charge in [-0.15, -0.1) is 11.3 Å². The molecule has 220 valence electrons. The third kappa shape index (κ3) is 3.97. The maximum Gasteiger partial charge on any atom is 0.0635 e. The number of benzene rings is 7. The van der Waals surface area contributed by atoms with Crippen LogP contribution in [0.3, 0.4) is 0 Å². The summed E-state index contributed by atoms with van der Waals surface area (Å²) >= 11 is 1.91. The first-order chi connectivity index (χ1) is 23.3. The van der Waals surface area contributed by atoms with Gasteiger partial charge in [0, 0.05) is 53.9 Å². The van der Waals surface area contributed by atoms with Crippen molar-refractivity contribution in [1.82, 2.24) is 9.13 Å². The Kier molecular flexibility index (Phi) is 5.78. The quantitative estimate of drug-likeness (QED) is 0.186. The lowest BCUT2D eigenvalue weighted by Crippen LogP contribution is -1.94. The van der Waals surface area contributed by atoms with E-state index in [-0.39, 0.29) is 0 Å². The summed E-state index contributed by atoms with van der Waals surface area (Å²) in [6, 6.07) is 59.5. The molecule has 0 radical (unpaired) electrons. The molecule has 0 aliphatic carbocycles. The lowest BCUT2D eigenvalue weighted by atomic mass is 9.99. The van der Waals surface area contributed by atoms with Crippen LogP contribution in [0.4, 0.5) is 0 Å². The van der Waals surface area contributed by atoms with Crippen LogP contribution in [0.15, 0.2) is 170 Å². The van der Waals surface area contributed by atoms with Crippen LogP contribution >= 0.6 is 11.3 Å². The van der Waals surface area contributed by atoms with E-state index in [9.17, 15) is 0 Å². The Bertz CT molecular complexity index is 2770. The summed E-state index contributed by atoms with van der Waals surface area (Å²) in [7, 11) is 0. The van der Waals surface area contributed by atoms with E-state index in [0.29, 0.717) is 0 Å². The second-order valence-electron chi connectivity index (χ2n) is 12.2. The van der Waals surface area contributed by atoms with Gasteiger partial charge in [0.15, 0.2) is 0 Å². The average molecular weight is 617 g/mol. The molecule has 10 aromatic rings. The maximum absolute atomic E-state index is 2.44. The molecule has 0 N–H and O–H groups in total. The molecule has 10 rings (SSSR count). The highest BCUT2D eigenvalue weighted by Crippen LogP contribution is 2.45. The lowest BCUT2D eigenvalue weighted by molar-refractivity contribution is 1.13. The topological polar surface area (TPSA) is 9.86 Å². The second-order valence-corrected chi connectivity index (χ2v) is 13.2. The molecule has 0 amide bonds. The number of fused-ring (bicyclic) bond motifs is 8. The Morgan fingerprint density at radius 2 is 1.00 bits per heavy atom. The Labute approximate surface area is 276 Å². The molecule has 0 aliphatic rings. The first-order valence-electron chi connectivity index (χ1n) is 16.0. The first-order valence-corrected chi connectivity index (χ1v) is 16.8. The number of aromatic nitrogens is 2. The Morgan fingerprint density at radius 1 is 0.383 bits per heavy atom. The van der Waals surface area contributed by atoms with Crippen molar-refractivity contribution in [1.29, 1.82) is 0 Å². The molecule has 0 atom stereocenters. The summed E-state index contributed by atoms with van der Waals surface area (Å²) in [4.78, 5) is 0. The molecule has 0 saturated heterocycles. The monoisotopic (exact) mass is 616 g/mol. The third-order valence-corrected chi connectivity index (χ3v) is 10.9. The molecule has 0 unspecified atom stereocenters. The number of hydrogen-bond acceptors (Lipinski definition) is 1. The number of hydrogen-bond donors (Lipinski definition) is 0. The highest BCUT2D eigenvalue weighted by atomic mass is 32.1. The number of rotatable bonds is 4. The van der Waals surface area contributed by atoms with E-state index < -0.39 is 0 Å². The third-order valence-electron chi connectivity index (χ3n) is 9.56. The van der Waals surface area contributed by atoms with Crippen LogP contribution in [0.2, 0.25) is 0 Å². The van der Waals surface area contributed by atoms with Gasteiger partial charge in [0.2, 0.25) is 0 Å². The largest absolute Gasteiger partial charge is 0.316 e. The van der Waals surface area contributed by atoms with Crippen molar-refractivity contribution >= 4 is 64.2 Å². The van der Waals surface area contributed by atoms with Gasteiger partial charge in [0.05, 0.1) is 16.6 Å². The molecule has 3 heteroatoms. The standard InChI is InChI=1S/C44H28N2S/c1-4-12-29(13-5-1)33-18-10-20-36-37-21-11-19-34(44(37)47-43(33)36)30-22-24-41-39(28-30)35-23-25-40-38(26-27-45(40)31-14-6-2-7-15-31)42(35)46(41)32-16-8-3-9-17-32/h1-28H. The van der Waals surface area contributed by atoms with Gasteiger partial charge in [-0.1, -0.05) is 115 Å². The number of para-hydroxylation sites is 2. The number of nitrogens with zero attached hydrogens (tertiary/aromatic N) is 2. The van der Waals surface area contributed by atoms with Gasteiger partial charge in [0.1, 0.15) is 0 Å². The van der Waals surface area contributed by atoms with E-state index in [1.807, 2.05) is 11.3 Å². The van der Waals surface area contributed by atoms with Crippen molar-refractivity contribution in [3.63, 3.8) is 0 Å². The van der Waals surface area contributed by atoms with Crippen LogP contribution in [0.1, 0.15) is 0 Å². The van der Waals surface area contributed by atoms with Crippen molar-refractivity contribution in [2.24, 2.45) is 0 Å². The molecule has 0 aliphatic heterocycles. The molecule has 0 spiro atoms. The van der Waals surface area contributed by atoms with Gasteiger partial charge in [-0.25, -0.2) is 0 Å². The van der Waals surface area contributed by atoms with Crippen molar-refractivity contribution in [2.45, 2.75) is 0 Å². The SMILES string of the molecule is c1ccc(-c2cccc3c2sc2c(-c4ccc5c(c4)c4ccc6c(ccn6-c6ccccc6)c4n5-c4ccccc4)cccc23)cc1. The summed E-state index contributed by atoms with van der Waals surface area (Å²) < 4.78 is 7.41. The molecular formula is C44H28N2S. The van der Waals surface area contributed by atoms with Crippen molar-refractivity contribution < 1.29 is 0 Å². The Hall–Kier alpha value is -5.90. The van der Waals surface area contributed by atoms with Crippen LogP contribution in [0, 0.1) is 0 Å². The highest BCUT2D eigenvalue weighted by molar-refractivity contribution is 7.26. The van der Waals surface area contributed by atoms with E-state index in [2.05, 4.69) is 179 Å². The Morgan fingerprint density at radius 3 is 1.70 bits per heavy atom. The molecule has 0 saturated carbocycles. The highest BCUT2D eigenvalue weighted by Gasteiger charge is 2.19. The van der Waals surface area contributed by atoms with Crippen LogP contribution in [0.5, 0.6) is 0 Å². The van der Waals surface area contributed by atoms with E-state index in [1.165, 1.54) is 86.5 Å². The predicted molar refractivity (Wildman–Crippen MR) is 201 cm³/mol. The minimum absolute atomic E-state index is 1.17. The summed E-state index contributed by atoms with van der Waals surface area (Å²) in [5, 5.41) is 6.40. The van der Waals surface area contributed by atoms with Crippen LogP contribution in [0.25, 0.3) is 86.5 Å². The molecule has 47 heavy (non-hydrogen) atoms. The first kappa shape index (κ1) is 26.3. The Balaban J connectivity index is 1.23. The molecule has 3 heterocycles. The van der Waals surface area contributed by atoms with Crippen LogP contribution < -0.4 is 0 Å². The van der Waals surface area contributed by atoms with E-state index >= 15 is 0 Å². The van der Waals surface area contributed by atoms with Crippen LogP contribution in [-0.2, 0) is 0 Å². The maximum atomic E-state index is 2.44. The fourth-order valence-electron chi connectivity index (χ4n) is 7.45. The smallest absolute Gasteiger partial charge is 0.0635 e. The van der Waals surface area contributed by atoms with Gasteiger partial charge in [0.25, 0.3) is 0 Å². The van der Waals surface area contributed by atoms with Crippen molar-refractivity contribution in [2.75, 3.05) is 0 Å². The van der Waals surface area contributed by atoms with E-state index in [1.54, 1.807) is 0 Å². The normalized spacial score (nSPS) is 11.8. The second kappa shape index (κ2) is 10.3. The van der Waals surface area contributed by atoms with Crippen molar-refractivity contribution in [3.8, 4) is 33.6 Å². The summed E-state index contributed by atoms with van der Waals surface area (Å²) in [5.74, 6) is 0. The van der Waals surface area contributed by atoms with Gasteiger partial charge in [-0.2, -0.15) is 0 Å². The number of thiophene rings is 1. The average Bonchev–Trinajstić information content (AvgIpc) is 3.84. The van der Waals surface area contributed by atoms with Crippen LogP contribution in [-0.4, -0.2) is 9.13 Å². The van der Waals surface area contributed by atoms with Gasteiger partial charge >= 0.3 is 0 Å². The zero-order valence-electron chi connectivity index (χ0n) is 25.5. The summed E-state index contributed by atoms with van der Waals surface area (Å²) in [6.45, 7) is 0. The van der Waals surface area contributed by atoms with Gasteiger partial charge in [-0.3, -0.25) is 0 Å². The minimum Gasteiger partial charge on any atom is -0.316 e. The molecule has 2 nitrogen and oxygen atoms in total. The van der Waals surface area contributed by atoms with Crippen molar-refractivity contribution in [3.05, 3.63) is 170 Å². The fourth-order valence-corrected chi connectivity index (χ4v) is 8.82. The zero-order chi connectivity index (χ0) is 30.9. The molecular weight excluding hydrogens is 589 g/mol. The van der Waals surface area contributed by atoms with E-state index in [4.69, 9.17) is 0 Å². The van der Waals surface area contributed by atoms with Gasteiger partial charge < -0.3 is 9.13 Å². The molecule has 0 bridgehead atoms. The fraction of sp³-hybridized carbons (Fsp3) is 0. The van der Waals surface area contributed by atoms with Gasteiger partial charge in [-0.05, 0) is 70.8 Å². The van der Waals surface area contributed by atoms with E-state index in [0.717, 1.165) is 0 Å². The molecule has 0 fully saturated rings. The zero-order valence-corrected chi connectivity index (χ0v) is 26.3. The molecule has 3 aromatic heterocycles.